The van der Waals surface area contributed by atoms with E-state index in [9.17, 15) is 0 Å². The van der Waals surface area contributed by atoms with Gasteiger partial charge in [0.15, 0.2) is 17.5 Å². The van der Waals surface area contributed by atoms with Gasteiger partial charge in [-0.2, -0.15) is 0 Å². The molecule has 5 nitrogen and oxygen atoms in total. The fraction of sp³-hybridized carbons (Fsp3) is 0.500. The van der Waals surface area contributed by atoms with Gasteiger partial charge in [-0.3, -0.25) is 4.99 Å². The fourth-order valence-electron chi connectivity index (χ4n) is 2.24. The molecule has 0 amide bonds. The van der Waals surface area contributed by atoms with Crippen molar-refractivity contribution in [3.05, 3.63) is 35.9 Å². The molecule has 0 spiro atoms. The Hall–Kier alpha value is -2.17. The van der Waals surface area contributed by atoms with E-state index < -0.39 is 0 Å². The number of guanidine groups is 1. The number of methoxy groups -OCH3 is 2. The van der Waals surface area contributed by atoms with Gasteiger partial charge in [0.1, 0.15) is 0 Å². The van der Waals surface area contributed by atoms with E-state index in [1.54, 1.807) is 21.3 Å². The number of aliphatic imine (C=N–C) groups is 1. The molecule has 0 radical (unpaired) electrons. The van der Waals surface area contributed by atoms with Crippen molar-refractivity contribution in [3.8, 4) is 11.5 Å². The molecular weight excluding hydrogens is 290 g/mol. The first-order chi connectivity index (χ1) is 10.8. The third-order valence-corrected chi connectivity index (χ3v) is 3.16. The maximum atomic E-state index is 5.46. The van der Waals surface area contributed by atoms with E-state index in [0.717, 1.165) is 35.0 Å². The van der Waals surface area contributed by atoms with Crippen molar-refractivity contribution in [3.63, 3.8) is 0 Å². The largest absolute Gasteiger partial charge is 0.493 e. The Morgan fingerprint density at radius 2 is 1.96 bits per heavy atom. The molecule has 0 aliphatic carbocycles. The van der Waals surface area contributed by atoms with Gasteiger partial charge in [0.2, 0.25) is 0 Å². The van der Waals surface area contributed by atoms with E-state index in [2.05, 4.69) is 49.0 Å². The van der Waals surface area contributed by atoms with Crippen LogP contribution in [0.4, 0.5) is 0 Å². The predicted octanol–water partition coefficient (Wildman–Crippen LogP) is 2.90. The molecular formula is C18H29N3O2. The minimum atomic E-state index is -0.0482. The molecule has 0 unspecified atom stereocenters. The molecule has 0 saturated heterocycles. The Morgan fingerprint density at radius 3 is 2.43 bits per heavy atom. The van der Waals surface area contributed by atoms with E-state index in [1.165, 1.54) is 0 Å². The standard InChI is InChI=1S/C18H29N3O2/c1-8-9-14-10-13(11-15(22-6)16(14)23-7)12-20-17(19-5)21-18(2,3)4/h8,10-11H,1,9,12H2,2-7H3,(H2,19,20,21). The number of ether oxygens (including phenoxy) is 2. The number of hydrogen-bond acceptors (Lipinski definition) is 3. The molecule has 0 atom stereocenters. The summed E-state index contributed by atoms with van der Waals surface area (Å²) in [7, 11) is 5.06. The van der Waals surface area contributed by atoms with E-state index >= 15 is 0 Å². The van der Waals surface area contributed by atoms with Gasteiger partial charge in [0.25, 0.3) is 0 Å². The van der Waals surface area contributed by atoms with Crippen LogP contribution in [0.3, 0.4) is 0 Å². The molecule has 0 heterocycles. The summed E-state index contributed by atoms with van der Waals surface area (Å²) in [5.74, 6) is 2.24. The van der Waals surface area contributed by atoms with Gasteiger partial charge in [-0.25, -0.2) is 0 Å². The van der Waals surface area contributed by atoms with Crippen molar-refractivity contribution in [2.45, 2.75) is 39.3 Å². The molecule has 1 aromatic carbocycles. The molecule has 0 aliphatic heterocycles. The molecule has 2 N–H and O–H groups in total. The van der Waals surface area contributed by atoms with Gasteiger partial charge in [-0.15, -0.1) is 6.58 Å². The third-order valence-electron chi connectivity index (χ3n) is 3.16. The van der Waals surface area contributed by atoms with Gasteiger partial charge < -0.3 is 20.1 Å². The highest BCUT2D eigenvalue weighted by Crippen LogP contribution is 2.33. The van der Waals surface area contributed by atoms with Gasteiger partial charge >= 0.3 is 0 Å². The van der Waals surface area contributed by atoms with Crippen LogP contribution in [0.15, 0.2) is 29.8 Å². The van der Waals surface area contributed by atoms with Crippen LogP contribution in [0.5, 0.6) is 11.5 Å². The molecule has 23 heavy (non-hydrogen) atoms. The SMILES string of the molecule is C=CCc1cc(CNC(=NC)NC(C)(C)C)cc(OC)c1OC. The van der Waals surface area contributed by atoms with Crippen molar-refractivity contribution in [1.29, 1.82) is 0 Å². The number of nitrogens with one attached hydrogen (secondary N) is 2. The van der Waals surface area contributed by atoms with Gasteiger partial charge in [0.05, 0.1) is 14.2 Å². The summed E-state index contributed by atoms with van der Waals surface area (Å²) in [6, 6.07) is 4.07. The van der Waals surface area contributed by atoms with Crippen LogP contribution in [-0.2, 0) is 13.0 Å². The predicted molar refractivity (Wildman–Crippen MR) is 96.5 cm³/mol. The van der Waals surface area contributed by atoms with Crippen LogP contribution in [-0.4, -0.2) is 32.8 Å². The van der Waals surface area contributed by atoms with Crippen molar-refractivity contribution >= 4 is 5.96 Å². The van der Waals surface area contributed by atoms with Crippen LogP contribution < -0.4 is 20.1 Å². The fourth-order valence-corrected chi connectivity index (χ4v) is 2.24. The number of hydrogen-bond donors (Lipinski definition) is 2. The summed E-state index contributed by atoms with van der Waals surface area (Å²) in [4.78, 5) is 4.25. The summed E-state index contributed by atoms with van der Waals surface area (Å²) in [6.45, 7) is 10.7. The second kappa shape index (κ2) is 8.46. The maximum absolute atomic E-state index is 5.46. The highest BCUT2D eigenvalue weighted by Gasteiger charge is 2.14. The molecule has 1 aromatic rings. The molecule has 0 aliphatic rings. The summed E-state index contributed by atoms with van der Waals surface area (Å²) in [6.07, 6.45) is 2.58. The monoisotopic (exact) mass is 319 g/mol. The highest BCUT2D eigenvalue weighted by atomic mass is 16.5. The van der Waals surface area contributed by atoms with Crippen LogP contribution >= 0.6 is 0 Å². The van der Waals surface area contributed by atoms with E-state index in [1.807, 2.05) is 12.1 Å². The summed E-state index contributed by atoms with van der Waals surface area (Å²) >= 11 is 0. The zero-order valence-corrected chi connectivity index (χ0v) is 15.1. The topological polar surface area (TPSA) is 54.9 Å². The number of allylic oxidation sites excluding steroid dienone is 1. The van der Waals surface area contributed by atoms with Crippen LogP contribution in [0, 0.1) is 0 Å². The number of benzene rings is 1. The first-order valence-corrected chi connectivity index (χ1v) is 7.68. The molecule has 128 valence electrons. The minimum Gasteiger partial charge on any atom is -0.493 e. The lowest BCUT2D eigenvalue weighted by Crippen LogP contribution is -2.47. The summed E-state index contributed by atoms with van der Waals surface area (Å²) in [5, 5.41) is 6.65. The minimum absolute atomic E-state index is 0.0482. The first-order valence-electron chi connectivity index (χ1n) is 7.68. The normalized spacial score (nSPS) is 11.8. The number of nitrogens with zero attached hydrogens (tertiary/aromatic N) is 1. The molecule has 0 aromatic heterocycles. The van der Waals surface area contributed by atoms with Crippen molar-refractivity contribution < 1.29 is 9.47 Å². The Labute approximate surface area is 139 Å². The van der Waals surface area contributed by atoms with E-state index in [0.29, 0.717) is 6.54 Å². The third kappa shape index (κ3) is 5.85. The van der Waals surface area contributed by atoms with Crippen LogP contribution in [0.1, 0.15) is 31.9 Å². The zero-order chi connectivity index (χ0) is 17.5. The van der Waals surface area contributed by atoms with Crippen LogP contribution in [0.25, 0.3) is 0 Å². The zero-order valence-electron chi connectivity index (χ0n) is 15.1. The second-order valence-corrected chi connectivity index (χ2v) is 6.28. The summed E-state index contributed by atoms with van der Waals surface area (Å²) < 4.78 is 10.9. The van der Waals surface area contributed by atoms with E-state index in [-0.39, 0.29) is 5.54 Å². The summed E-state index contributed by atoms with van der Waals surface area (Å²) in [5.41, 5.74) is 2.10. The Bertz CT molecular complexity index is 560. The maximum Gasteiger partial charge on any atom is 0.191 e. The Balaban J connectivity index is 2.96. The smallest absolute Gasteiger partial charge is 0.191 e. The quantitative estimate of drug-likeness (QED) is 0.481. The lowest BCUT2D eigenvalue weighted by molar-refractivity contribution is 0.352. The average molecular weight is 319 g/mol. The number of rotatable bonds is 6. The van der Waals surface area contributed by atoms with Crippen molar-refractivity contribution in [1.82, 2.24) is 10.6 Å². The molecule has 0 fully saturated rings. The molecule has 0 saturated carbocycles. The molecule has 1 rings (SSSR count). The lowest BCUT2D eigenvalue weighted by atomic mass is 10.1. The average Bonchev–Trinajstić information content (AvgIpc) is 2.50. The van der Waals surface area contributed by atoms with E-state index in [4.69, 9.17) is 9.47 Å². The van der Waals surface area contributed by atoms with Crippen LogP contribution in [0.2, 0.25) is 0 Å². The Morgan fingerprint density at radius 1 is 1.26 bits per heavy atom. The van der Waals surface area contributed by atoms with Crippen molar-refractivity contribution in [2.75, 3.05) is 21.3 Å². The molecule has 5 heteroatoms. The first kappa shape index (κ1) is 18.9. The van der Waals surface area contributed by atoms with Gasteiger partial charge in [-0.1, -0.05) is 6.08 Å². The lowest BCUT2D eigenvalue weighted by Gasteiger charge is -2.24. The Kier molecular flexibility index (Phi) is 6.94. The van der Waals surface area contributed by atoms with Gasteiger partial charge in [-0.05, 0) is 44.9 Å². The second-order valence-electron chi connectivity index (χ2n) is 6.28. The molecule has 0 bridgehead atoms. The van der Waals surface area contributed by atoms with Crippen molar-refractivity contribution in [2.24, 2.45) is 4.99 Å². The highest BCUT2D eigenvalue weighted by molar-refractivity contribution is 5.80. The van der Waals surface area contributed by atoms with Gasteiger partial charge in [0, 0.05) is 24.7 Å².